The highest BCUT2D eigenvalue weighted by Crippen LogP contribution is 2.23. The molecule has 2 fully saturated rings. The van der Waals surface area contributed by atoms with Gasteiger partial charge in [0.25, 0.3) is 0 Å². The van der Waals surface area contributed by atoms with E-state index in [4.69, 9.17) is 9.47 Å². The van der Waals surface area contributed by atoms with Crippen LogP contribution in [-0.4, -0.2) is 66.7 Å². The molecule has 0 amide bonds. The first-order valence-corrected chi connectivity index (χ1v) is 11.7. The van der Waals surface area contributed by atoms with Crippen LogP contribution < -0.4 is 10.6 Å². The monoisotopic (exact) mass is 387 g/mol. The van der Waals surface area contributed by atoms with Crippen LogP contribution >= 0.6 is 0 Å². The van der Waals surface area contributed by atoms with Crippen molar-refractivity contribution in [2.45, 2.75) is 63.7 Å². The summed E-state index contributed by atoms with van der Waals surface area (Å²) in [5.74, 6) is 2.22. The lowest BCUT2D eigenvalue weighted by Gasteiger charge is -2.30. The van der Waals surface area contributed by atoms with Crippen molar-refractivity contribution in [2.24, 2.45) is 10.9 Å². The van der Waals surface area contributed by atoms with Gasteiger partial charge >= 0.3 is 0 Å². The number of aliphatic imine (C=N–C) groups is 1. The highest BCUT2D eigenvalue weighted by molar-refractivity contribution is 7.85. The summed E-state index contributed by atoms with van der Waals surface area (Å²) in [5, 5.41) is 7.21. The van der Waals surface area contributed by atoms with Crippen LogP contribution in [0, 0.1) is 5.92 Å². The molecule has 0 spiro atoms. The van der Waals surface area contributed by atoms with Gasteiger partial charge in [0, 0.05) is 60.1 Å². The Morgan fingerprint density at radius 2 is 2.19 bits per heavy atom. The Hall–Kier alpha value is -0.660. The molecule has 1 saturated carbocycles. The van der Waals surface area contributed by atoms with Gasteiger partial charge in [-0.2, -0.15) is 0 Å². The van der Waals surface area contributed by atoms with Crippen molar-refractivity contribution in [1.82, 2.24) is 10.6 Å². The van der Waals surface area contributed by atoms with E-state index >= 15 is 0 Å². The zero-order valence-electron chi connectivity index (χ0n) is 16.5. The van der Waals surface area contributed by atoms with Gasteiger partial charge in [0.2, 0.25) is 0 Å². The van der Waals surface area contributed by atoms with Crippen molar-refractivity contribution in [2.75, 3.05) is 45.3 Å². The van der Waals surface area contributed by atoms with E-state index in [0.717, 1.165) is 89.8 Å². The van der Waals surface area contributed by atoms with E-state index in [1.54, 1.807) is 0 Å². The lowest BCUT2D eigenvalue weighted by atomic mass is 9.95. The van der Waals surface area contributed by atoms with Gasteiger partial charge in [0.05, 0.1) is 13.2 Å². The second-order valence-electron chi connectivity index (χ2n) is 7.22. The summed E-state index contributed by atoms with van der Waals surface area (Å²) < 4.78 is 23.2. The third kappa shape index (κ3) is 7.92. The molecule has 1 heterocycles. The normalized spacial score (nSPS) is 28.1. The summed E-state index contributed by atoms with van der Waals surface area (Å²) in [6, 6.07) is 0.376. The van der Waals surface area contributed by atoms with E-state index in [0.29, 0.717) is 17.2 Å². The van der Waals surface area contributed by atoms with Gasteiger partial charge in [-0.1, -0.05) is 13.3 Å². The van der Waals surface area contributed by atoms with Crippen LogP contribution in [0.4, 0.5) is 0 Å². The van der Waals surface area contributed by atoms with Crippen molar-refractivity contribution in [3.05, 3.63) is 0 Å². The van der Waals surface area contributed by atoms with Gasteiger partial charge < -0.3 is 20.1 Å². The van der Waals surface area contributed by atoms with Gasteiger partial charge in [-0.3, -0.25) is 9.20 Å². The van der Waals surface area contributed by atoms with Crippen LogP contribution in [0.25, 0.3) is 0 Å². The molecule has 2 aliphatic rings. The third-order valence-electron chi connectivity index (χ3n) is 5.06. The highest BCUT2D eigenvalue weighted by atomic mass is 32.2. The quantitative estimate of drug-likeness (QED) is 0.341. The third-order valence-corrected chi connectivity index (χ3v) is 6.80. The van der Waals surface area contributed by atoms with E-state index < -0.39 is 10.8 Å². The maximum Gasteiger partial charge on any atom is 0.191 e. The van der Waals surface area contributed by atoms with Crippen molar-refractivity contribution in [1.29, 1.82) is 0 Å². The smallest absolute Gasteiger partial charge is 0.191 e. The fourth-order valence-corrected chi connectivity index (χ4v) is 4.93. The Morgan fingerprint density at radius 1 is 1.31 bits per heavy atom. The number of rotatable bonds is 10. The first-order valence-electron chi connectivity index (χ1n) is 10.3. The van der Waals surface area contributed by atoms with Crippen LogP contribution in [-0.2, 0) is 20.3 Å². The van der Waals surface area contributed by atoms with Gasteiger partial charge in [-0.15, -0.1) is 0 Å². The van der Waals surface area contributed by atoms with Crippen molar-refractivity contribution < 1.29 is 13.7 Å². The second kappa shape index (κ2) is 12.7. The maximum atomic E-state index is 12.1. The number of guanidine groups is 1. The van der Waals surface area contributed by atoms with Crippen LogP contribution in [0.15, 0.2) is 4.99 Å². The van der Waals surface area contributed by atoms with Crippen molar-refractivity contribution in [3.8, 4) is 0 Å². The largest absolute Gasteiger partial charge is 0.381 e. The highest BCUT2D eigenvalue weighted by Gasteiger charge is 2.26. The average Bonchev–Trinajstić information content (AvgIpc) is 3.17. The summed E-state index contributed by atoms with van der Waals surface area (Å²) in [5.41, 5.74) is 0. The SMILES string of the molecule is CCNC(=NCCCOCC1CCOC1)NC1CCCC(S(=O)CC)C1. The Balaban J connectivity index is 1.67. The summed E-state index contributed by atoms with van der Waals surface area (Å²) in [4.78, 5) is 4.68. The molecule has 0 aromatic heterocycles. The molecule has 0 bridgehead atoms. The molecule has 0 aromatic rings. The minimum Gasteiger partial charge on any atom is -0.381 e. The number of hydrogen-bond donors (Lipinski definition) is 2. The molecule has 6 nitrogen and oxygen atoms in total. The topological polar surface area (TPSA) is 72.0 Å². The minimum atomic E-state index is -0.689. The zero-order valence-corrected chi connectivity index (χ0v) is 17.3. The lowest BCUT2D eigenvalue weighted by Crippen LogP contribution is -2.46. The van der Waals surface area contributed by atoms with E-state index in [9.17, 15) is 4.21 Å². The standard InChI is InChI=1S/C19H37N3O3S/c1-3-20-19(21-10-6-11-24-14-16-9-12-25-15-16)22-17-7-5-8-18(13-17)26(23)4-2/h16-18H,3-15H2,1-2H3,(H2,20,21,22). The first kappa shape index (κ1) is 21.6. The molecule has 0 radical (unpaired) electrons. The van der Waals surface area contributed by atoms with E-state index in [2.05, 4.69) is 22.5 Å². The maximum absolute atomic E-state index is 12.1. The number of ether oxygens (including phenoxy) is 2. The summed E-state index contributed by atoms with van der Waals surface area (Å²) in [7, 11) is -0.689. The summed E-state index contributed by atoms with van der Waals surface area (Å²) in [6.07, 6.45) is 6.41. The molecule has 1 saturated heterocycles. The Kier molecular flexibility index (Phi) is 10.6. The predicted octanol–water partition coefficient (Wildman–Crippen LogP) is 2.06. The number of nitrogens with zero attached hydrogens (tertiary/aromatic N) is 1. The average molecular weight is 388 g/mol. The Bertz CT molecular complexity index is 442. The molecule has 2 N–H and O–H groups in total. The molecule has 2 rings (SSSR count). The summed E-state index contributed by atoms with van der Waals surface area (Å²) >= 11 is 0. The van der Waals surface area contributed by atoms with Crippen LogP contribution in [0.2, 0.25) is 0 Å². The van der Waals surface area contributed by atoms with Gasteiger partial charge in [-0.05, 0) is 39.0 Å². The second-order valence-corrected chi connectivity index (χ2v) is 9.22. The molecule has 1 aliphatic carbocycles. The molecular weight excluding hydrogens is 350 g/mol. The fraction of sp³-hybridized carbons (Fsp3) is 0.947. The lowest BCUT2D eigenvalue weighted by molar-refractivity contribution is 0.0893. The first-order chi connectivity index (χ1) is 12.7. The number of hydrogen-bond acceptors (Lipinski definition) is 4. The molecule has 26 heavy (non-hydrogen) atoms. The molecule has 1 aliphatic heterocycles. The van der Waals surface area contributed by atoms with Gasteiger partial charge in [-0.25, -0.2) is 0 Å². The Labute approximate surface area is 161 Å². The van der Waals surface area contributed by atoms with Crippen LogP contribution in [0.3, 0.4) is 0 Å². The predicted molar refractivity (Wildman–Crippen MR) is 108 cm³/mol. The van der Waals surface area contributed by atoms with Crippen LogP contribution in [0.1, 0.15) is 52.4 Å². The van der Waals surface area contributed by atoms with Gasteiger partial charge in [0.1, 0.15) is 0 Å². The number of nitrogens with one attached hydrogen (secondary N) is 2. The molecule has 7 heteroatoms. The Morgan fingerprint density at radius 3 is 2.92 bits per heavy atom. The van der Waals surface area contributed by atoms with Gasteiger partial charge in [0.15, 0.2) is 5.96 Å². The van der Waals surface area contributed by atoms with E-state index in [1.165, 1.54) is 0 Å². The van der Waals surface area contributed by atoms with E-state index in [1.807, 2.05) is 6.92 Å². The molecule has 152 valence electrons. The molecule has 4 unspecified atom stereocenters. The van der Waals surface area contributed by atoms with E-state index in [-0.39, 0.29) is 0 Å². The van der Waals surface area contributed by atoms with Crippen molar-refractivity contribution in [3.63, 3.8) is 0 Å². The van der Waals surface area contributed by atoms with Crippen LogP contribution in [0.5, 0.6) is 0 Å². The minimum absolute atomic E-state index is 0.335. The molecule has 0 aromatic carbocycles. The molecular formula is C19H37N3O3S. The van der Waals surface area contributed by atoms with Crippen molar-refractivity contribution >= 4 is 16.8 Å². The fourth-order valence-electron chi connectivity index (χ4n) is 3.59. The zero-order chi connectivity index (χ0) is 18.6. The summed E-state index contributed by atoms with van der Waals surface area (Å²) in [6.45, 7) is 8.98. The molecule has 4 atom stereocenters.